The number of likely N-dealkylation sites (tertiary alicyclic amines) is 1. The van der Waals surface area contributed by atoms with Crippen LogP contribution < -0.4 is 0 Å². The van der Waals surface area contributed by atoms with Crippen LogP contribution >= 0.6 is 0 Å². The maximum absolute atomic E-state index is 14.0. The number of carbonyl (C=O) groups is 1. The van der Waals surface area contributed by atoms with E-state index in [9.17, 15) is 17.6 Å². The fourth-order valence-electron chi connectivity index (χ4n) is 4.02. The number of hydrogen-bond donors (Lipinski definition) is 0. The SMILES string of the molecule is O=C(c1cn(C[C@H]2CCCN(S(=O)(=O)c3ccccc3F)C2)nn1)N1CCCC1. The second-order valence-corrected chi connectivity index (χ2v) is 9.53. The van der Waals surface area contributed by atoms with Crippen molar-refractivity contribution in [1.29, 1.82) is 0 Å². The lowest BCUT2D eigenvalue weighted by atomic mass is 10.00. The van der Waals surface area contributed by atoms with Crippen LogP contribution in [-0.4, -0.2) is 64.7 Å². The predicted molar refractivity (Wildman–Crippen MR) is 103 cm³/mol. The summed E-state index contributed by atoms with van der Waals surface area (Å²) in [4.78, 5) is 13.9. The maximum Gasteiger partial charge on any atom is 0.276 e. The maximum atomic E-state index is 14.0. The third kappa shape index (κ3) is 4.18. The zero-order valence-electron chi connectivity index (χ0n) is 16.1. The molecule has 2 aromatic rings. The van der Waals surface area contributed by atoms with Gasteiger partial charge in [0.2, 0.25) is 10.0 Å². The predicted octanol–water partition coefficient (Wildman–Crippen LogP) is 1.75. The first-order valence-electron chi connectivity index (χ1n) is 9.89. The molecule has 2 fully saturated rings. The van der Waals surface area contributed by atoms with Gasteiger partial charge in [-0.2, -0.15) is 4.31 Å². The van der Waals surface area contributed by atoms with E-state index in [2.05, 4.69) is 10.3 Å². The Labute approximate surface area is 169 Å². The number of halogens is 1. The molecule has 2 aliphatic rings. The van der Waals surface area contributed by atoms with Crippen molar-refractivity contribution in [3.63, 3.8) is 0 Å². The van der Waals surface area contributed by atoms with Crippen LogP contribution in [0.3, 0.4) is 0 Å². The minimum absolute atomic E-state index is 0.0155. The van der Waals surface area contributed by atoms with E-state index in [4.69, 9.17) is 0 Å². The largest absolute Gasteiger partial charge is 0.337 e. The summed E-state index contributed by atoms with van der Waals surface area (Å²) in [6.45, 7) is 2.60. The lowest BCUT2D eigenvalue weighted by molar-refractivity contribution is 0.0787. The molecule has 10 heteroatoms. The Morgan fingerprint density at radius 2 is 1.90 bits per heavy atom. The van der Waals surface area contributed by atoms with Crippen molar-refractivity contribution in [3.8, 4) is 0 Å². The van der Waals surface area contributed by atoms with Gasteiger partial charge in [-0.05, 0) is 43.7 Å². The molecular formula is C19H24FN5O3S. The molecule has 0 spiro atoms. The zero-order valence-corrected chi connectivity index (χ0v) is 16.9. The molecule has 1 amide bonds. The molecule has 3 heterocycles. The molecule has 4 rings (SSSR count). The molecule has 1 aromatic heterocycles. The number of benzene rings is 1. The number of piperidine rings is 1. The van der Waals surface area contributed by atoms with E-state index < -0.39 is 15.8 Å². The molecule has 8 nitrogen and oxygen atoms in total. The summed E-state index contributed by atoms with van der Waals surface area (Å²) in [6, 6.07) is 5.44. The van der Waals surface area contributed by atoms with E-state index in [0.717, 1.165) is 38.4 Å². The van der Waals surface area contributed by atoms with Crippen molar-refractivity contribution in [2.24, 2.45) is 5.92 Å². The van der Waals surface area contributed by atoms with Crippen molar-refractivity contribution in [1.82, 2.24) is 24.2 Å². The summed E-state index contributed by atoms with van der Waals surface area (Å²) in [7, 11) is -3.88. The van der Waals surface area contributed by atoms with E-state index in [1.165, 1.54) is 22.5 Å². The van der Waals surface area contributed by atoms with Crippen LogP contribution in [0.1, 0.15) is 36.2 Å². The number of carbonyl (C=O) groups excluding carboxylic acids is 1. The topological polar surface area (TPSA) is 88.4 Å². The molecule has 0 N–H and O–H groups in total. The van der Waals surface area contributed by atoms with E-state index in [-0.39, 0.29) is 23.3 Å². The van der Waals surface area contributed by atoms with Gasteiger partial charge in [0.15, 0.2) is 5.69 Å². The van der Waals surface area contributed by atoms with E-state index in [1.807, 2.05) is 0 Å². The lowest BCUT2D eigenvalue weighted by Gasteiger charge is -2.31. The van der Waals surface area contributed by atoms with Gasteiger partial charge >= 0.3 is 0 Å². The second kappa shape index (κ2) is 8.19. The minimum Gasteiger partial charge on any atom is -0.337 e. The number of hydrogen-bond acceptors (Lipinski definition) is 5. The molecular weight excluding hydrogens is 397 g/mol. The highest BCUT2D eigenvalue weighted by Gasteiger charge is 2.32. The molecule has 0 unspecified atom stereocenters. The Morgan fingerprint density at radius 3 is 2.66 bits per heavy atom. The average molecular weight is 421 g/mol. The summed E-state index contributed by atoms with van der Waals surface area (Å²) >= 11 is 0. The first-order chi connectivity index (χ1) is 13.9. The number of amides is 1. The molecule has 2 saturated heterocycles. The van der Waals surface area contributed by atoms with Crippen molar-refractivity contribution in [2.75, 3.05) is 26.2 Å². The second-order valence-electron chi connectivity index (χ2n) is 7.63. The first-order valence-corrected chi connectivity index (χ1v) is 11.3. The Balaban J connectivity index is 1.43. The highest BCUT2D eigenvalue weighted by Crippen LogP contribution is 2.26. The Bertz CT molecular complexity index is 987. The molecule has 0 bridgehead atoms. The van der Waals surface area contributed by atoms with Gasteiger partial charge in [0.25, 0.3) is 5.91 Å². The minimum atomic E-state index is -3.88. The molecule has 1 atom stereocenters. The van der Waals surface area contributed by atoms with E-state index in [1.54, 1.807) is 15.8 Å². The van der Waals surface area contributed by atoms with Crippen LogP contribution in [0.2, 0.25) is 0 Å². The quantitative estimate of drug-likeness (QED) is 0.734. The standard InChI is InChI=1S/C19H24FN5O3S/c20-16-7-1-2-8-18(16)29(27,28)25-11-5-6-15(13-25)12-24-14-17(21-22-24)19(26)23-9-3-4-10-23/h1-2,7-8,14-15H,3-6,9-13H2/t15-/m1/s1. The summed E-state index contributed by atoms with van der Waals surface area (Å²) in [5, 5.41) is 8.05. The van der Waals surface area contributed by atoms with Gasteiger partial charge in [0, 0.05) is 32.7 Å². The Kier molecular flexibility index (Phi) is 5.64. The van der Waals surface area contributed by atoms with Crippen LogP contribution in [0.15, 0.2) is 35.4 Å². The first kappa shape index (κ1) is 20.0. The molecule has 156 valence electrons. The van der Waals surface area contributed by atoms with Gasteiger partial charge in [-0.25, -0.2) is 12.8 Å². The van der Waals surface area contributed by atoms with Gasteiger partial charge in [-0.3, -0.25) is 9.48 Å². The third-order valence-corrected chi connectivity index (χ3v) is 7.43. The van der Waals surface area contributed by atoms with E-state index in [0.29, 0.717) is 25.2 Å². The van der Waals surface area contributed by atoms with Crippen molar-refractivity contribution in [2.45, 2.75) is 37.1 Å². The molecule has 2 aliphatic heterocycles. The summed E-state index contributed by atoms with van der Waals surface area (Å²) in [6.07, 6.45) is 5.17. The normalized spacial score (nSPS) is 20.9. The van der Waals surface area contributed by atoms with Gasteiger partial charge in [-0.15, -0.1) is 5.10 Å². The smallest absolute Gasteiger partial charge is 0.276 e. The fourth-order valence-corrected chi connectivity index (χ4v) is 5.64. The van der Waals surface area contributed by atoms with Crippen molar-refractivity contribution < 1.29 is 17.6 Å². The Hall–Kier alpha value is -2.33. The van der Waals surface area contributed by atoms with Gasteiger partial charge < -0.3 is 4.90 Å². The van der Waals surface area contributed by atoms with Crippen molar-refractivity contribution in [3.05, 3.63) is 42.0 Å². The molecule has 29 heavy (non-hydrogen) atoms. The third-order valence-electron chi connectivity index (χ3n) is 5.53. The Morgan fingerprint density at radius 1 is 1.14 bits per heavy atom. The van der Waals surface area contributed by atoms with Crippen molar-refractivity contribution >= 4 is 15.9 Å². The van der Waals surface area contributed by atoms with Crippen LogP contribution in [0.5, 0.6) is 0 Å². The average Bonchev–Trinajstić information content (AvgIpc) is 3.40. The molecule has 1 aromatic carbocycles. The molecule has 0 radical (unpaired) electrons. The summed E-state index contributed by atoms with van der Waals surface area (Å²) < 4.78 is 42.7. The van der Waals surface area contributed by atoms with E-state index >= 15 is 0 Å². The van der Waals surface area contributed by atoms with Crippen LogP contribution in [0.25, 0.3) is 0 Å². The molecule has 0 saturated carbocycles. The zero-order chi connectivity index (χ0) is 20.4. The number of sulfonamides is 1. The van der Waals surface area contributed by atoms with Gasteiger partial charge in [-0.1, -0.05) is 17.3 Å². The van der Waals surface area contributed by atoms with Gasteiger partial charge in [0.1, 0.15) is 10.7 Å². The number of aromatic nitrogens is 3. The van der Waals surface area contributed by atoms with Crippen LogP contribution in [0.4, 0.5) is 4.39 Å². The monoisotopic (exact) mass is 421 g/mol. The van der Waals surface area contributed by atoms with Crippen LogP contribution in [0, 0.1) is 11.7 Å². The highest BCUT2D eigenvalue weighted by molar-refractivity contribution is 7.89. The van der Waals surface area contributed by atoms with Crippen LogP contribution in [-0.2, 0) is 16.6 Å². The molecule has 0 aliphatic carbocycles. The lowest BCUT2D eigenvalue weighted by Crippen LogP contribution is -2.41. The van der Waals surface area contributed by atoms with Gasteiger partial charge in [0.05, 0.1) is 6.20 Å². The number of nitrogens with zero attached hydrogens (tertiary/aromatic N) is 5. The fraction of sp³-hybridized carbons (Fsp3) is 0.526. The number of rotatable bonds is 5. The summed E-state index contributed by atoms with van der Waals surface area (Å²) in [5.41, 5.74) is 0.318. The summed E-state index contributed by atoms with van der Waals surface area (Å²) in [5.74, 6) is -0.834. The highest BCUT2D eigenvalue weighted by atomic mass is 32.2.